The minimum atomic E-state index is 0.615. The van der Waals surface area contributed by atoms with Crippen LogP contribution in [0.15, 0.2) is 157 Å². The van der Waals surface area contributed by atoms with E-state index in [0.717, 1.165) is 38.5 Å². The number of allylic oxidation sites excluding steroid dienone is 17. The van der Waals surface area contributed by atoms with Crippen LogP contribution in [-0.4, -0.2) is 19.8 Å². The number of hydrogen-bond donors (Lipinski definition) is 1. The average molecular weight is 665 g/mol. The molecule has 2 N–H and O–H groups in total. The van der Waals surface area contributed by atoms with Crippen molar-refractivity contribution in [2.45, 2.75) is 100 Å². The first-order valence-corrected chi connectivity index (χ1v) is 18.2. The van der Waals surface area contributed by atoms with Crippen molar-refractivity contribution in [1.29, 1.82) is 0 Å². The van der Waals surface area contributed by atoms with Crippen molar-refractivity contribution in [2.75, 3.05) is 13.6 Å². The van der Waals surface area contributed by atoms with Crippen LogP contribution in [0.2, 0.25) is 0 Å². The van der Waals surface area contributed by atoms with E-state index in [1.165, 1.54) is 39.8 Å². The number of benzene rings is 1. The van der Waals surface area contributed by atoms with Crippen molar-refractivity contribution in [1.82, 2.24) is 0 Å². The summed E-state index contributed by atoms with van der Waals surface area (Å²) in [7, 11) is 1.78. The lowest BCUT2D eigenvalue weighted by atomic mass is 9.93. The third-order valence-corrected chi connectivity index (χ3v) is 7.24. The summed E-state index contributed by atoms with van der Waals surface area (Å²) in [6.07, 6.45) is 40.8. The molecule has 2 heteroatoms. The Balaban J connectivity index is -0.000000754. The molecule has 49 heavy (non-hydrogen) atoms. The number of hydrogen-bond acceptors (Lipinski definition) is 2. The molecule has 0 fully saturated rings. The summed E-state index contributed by atoms with van der Waals surface area (Å²) in [5.74, 6) is 0.615. The molecule has 0 radical (unpaired) electrons. The van der Waals surface area contributed by atoms with Gasteiger partial charge in [0, 0.05) is 13.6 Å². The lowest BCUT2D eigenvalue weighted by Gasteiger charge is -2.12. The van der Waals surface area contributed by atoms with E-state index < -0.39 is 0 Å². The summed E-state index contributed by atoms with van der Waals surface area (Å²) in [5.41, 5.74) is 13.4. The lowest BCUT2D eigenvalue weighted by molar-refractivity contribution is 0.636. The standard InChI is InChI=1S/C26H32.C10H17N.C5H8.C4H9N.C2H6/c1-5-7-16-24-19-20-25(26-18-9-8-12-22(26)4)17-11-15-23(6-2)14-10-13-21(24)3;1-3-5-6-7-8-10(4-2)9-11;1-3-5-4-2;1-3-4-5-2;1-2/h5,7-12,14,16-18,20,23H,1,6,13,15,19H2,2-4H3;3-4,7-8H,1,5-6,9,11H2,2H3;3-5H,1H2,2H3;4H,3H2,1-2H3;1-2H3/b14-10-,16-7-,17-11-,24-21-,25-20+;8-7+,10-4-;5-4-;;. The highest BCUT2D eigenvalue weighted by atomic mass is 14.6. The molecule has 0 heterocycles. The number of nitrogens with zero attached hydrogens (tertiary/aromatic N) is 1. The van der Waals surface area contributed by atoms with Gasteiger partial charge in [-0.25, -0.2) is 0 Å². The molecule has 0 aliphatic heterocycles. The van der Waals surface area contributed by atoms with Crippen LogP contribution >= 0.6 is 0 Å². The van der Waals surface area contributed by atoms with Gasteiger partial charge in [0.05, 0.1) is 0 Å². The van der Waals surface area contributed by atoms with Gasteiger partial charge in [0.15, 0.2) is 0 Å². The Morgan fingerprint density at radius 3 is 2.14 bits per heavy atom. The van der Waals surface area contributed by atoms with E-state index in [-0.39, 0.29) is 0 Å². The summed E-state index contributed by atoms with van der Waals surface area (Å²) >= 11 is 0. The largest absolute Gasteiger partial charge is 0.327 e. The van der Waals surface area contributed by atoms with E-state index in [4.69, 9.17) is 5.73 Å². The Labute approximate surface area is 304 Å². The number of aryl methyl sites for hydroxylation is 1. The normalized spacial score (nSPS) is 18.9. The molecule has 2 rings (SSSR count). The molecular weight excluding hydrogens is 593 g/mol. The SMILES string of the molecule is C=C/C=C\C.C=C/C=C\C1=C(/C)C/C=C\C(CC)C/C=C\C(c2ccccc2C)=C/C1.C=CCC/C=C/C(=C/C)CN.CC.CCC=NC. The topological polar surface area (TPSA) is 38.4 Å². The van der Waals surface area contributed by atoms with Crippen molar-refractivity contribution in [2.24, 2.45) is 16.6 Å². The monoisotopic (exact) mass is 665 g/mol. The van der Waals surface area contributed by atoms with Gasteiger partial charge in [-0.1, -0.05) is 162 Å². The van der Waals surface area contributed by atoms with Gasteiger partial charge in [0.25, 0.3) is 0 Å². The van der Waals surface area contributed by atoms with E-state index in [9.17, 15) is 0 Å². The van der Waals surface area contributed by atoms with Gasteiger partial charge < -0.3 is 10.7 Å². The van der Waals surface area contributed by atoms with Crippen molar-refractivity contribution < 1.29 is 0 Å². The number of aliphatic imine (C=N–C) groups is 1. The smallest absolute Gasteiger partial charge is 0.0273 e. The Hall–Kier alpha value is -4.01. The summed E-state index contributed by atoms with van der Waals surface area (Å²) < 4.78 is 0. The minimum Gasteiger partial charge on any atom is -0.327 e. The maximum atomic E-state index is 5.46. The van der Waals surface area contributed by atoms with Crippen molar-refractivity contribution >= 4 is 11.8 Å². The molecule has 0 saturated heterocycles. The second-order valence-electron chi connectivity index (χ2n) is 11.0. The summed E-state index contributed by atoms with van der Waals surface area (Å²) in [4.78, 5) is 3.73. The molecule has 1 aliphatic carbocycles. The predicted octanol–water partition coefficient (Wildman–Crippen LogP) is 14.0. The van der Waals surface area contributed by atoms with Crippen LogP contribution in [0.3, 0.4) is 0 Å². The molecule has 0 spiro atoms. The van der Waals surface area contributed by atoms with Crippen LogP contribution < -0.4 is 5.73 Å². The third-order valence-electron chi connectivity index (χ3n) is 7.24. The van der Waals surface area contributed by atoms with E-state index in [2.05, 4.69) is 125 Å². The van der Waals surface area contributed by atoms with Gasteiger partial charge in [-0.15, -0.1) is 6.58 Å². The molecule has 270 valence electrons. The zero-order valence-corrected chi connectivity index (χ0v) is 32.9. The van der Waals surface area contributed by atoms with E-state index >= 15 is 0 Å². The summed E-state index contributed by atoms with van der Waals surface area (Å²) in [6.45, 7) is 28.3. The lowest BCUT2D eigenvalue weighted by Crippen LogP contribution is -1.99. The maximum Gasteiger partial charge on any atom is 0.0273 e. The molecule has 1 aromatic rings. The minimum absolute atomic E-state index is 0.615. The van der Waals surface area contributed by atoms with Gasteiger partial charge in [0.2, 0.25) is 0 Å². The van der Waals surface area contributed by atoms with Gasteiger partial charge in [-0.05, 0) is 113 Å². The molecule has 2 nitrogen and oxygen atoms in total. The fourth-order valence-electron chi connectivity index (χ4n) is 4.32. The van der Waals surface area contributed by atoms with Crippen LogP contribution in [0, 0.1) is 12.8 Å². The van der Waals surface area contributed by atoms with E-state index in [0.29, 0.717) is 12.5 Å². The van der Waals surface area contributed by atoms with Gasteiger partial charge in [-0.2, -0.15) is 0 Å². The highest BCUT2D eigenvalue weighted by Crippen LogP contribution is 2.25. The number of rotatable bonds is 11. The van der Waals surface area contributed by atoms with Gasteiger partial charge in [-0.3, -0.25) is 0 Å². The average Bonchev–Trinajstić information content (AvgIpc) is 3.12. The Kier molecular flexibility index (Phi) is 38.7. The second kappa shape index (κ2) is 38.4. The number of nitrogens with two attached hydrogens (primary N) is 1. The molecule has 0 bridgehead atoms. The first kappa shape index (κ1) is 49.4. The molecule has 0 amide bonds. The first-order chi connectivity index (χ1) is 23.8. The second-order valence-corrected chi connectivity index (χ2v) is 11.0. The van der Waals surface area contributed by atoms with E-state index in [1.807, 2.05) is 70.4 Å². The molecule has 0 saturated carbocycles. The zero-order chi connectivity index (χ0) is 37.5. The molecule has 1 atom stereocenters. The highest BCUT2D eigenvalue weighted by Gasteiger charge is 2.06. The van der Waals surface area contributed by atoms with E-state index in [1.54, 1.807) is 13.1 Å². The first-order valence-electron chi connectivity index (χ1n) is 18.2. The molecular formula is C47H72N2. The summed E-state index contributed by atoms with van der Waals surface area (Å²) in [5, 5.41) is 0. The predicted molar refractivity (Wildman–Crippen MR) is 230 cm³/mol. The van der Waals surface area contributed by atoms with Crippen molar-refractivity contribution in [3.05, 3.63) is 163 Å². The molecule has 1 aromatic carbocycles. The van der Waals surface area contributed by atoms with Crippen LogP contribution in [0.1, 0.15) is 105 Å². The maximum absolute atomic E-state index is 5.46. The summed E-state index contributed by atoms with van der Waals surface area (Å²) in [6, 6.07) is 8.66. The quantitative estimate of drug-likeness (QED) is 0.109. The van der Waals surface area contributed by atoms with Crippen LogP contribution in [0.25, 0.3) is 5.57 Å². The Bertz CT molecular complexity index is 1250. The van der Waals surface area contributed by atoms with Gasteiger partial charge >= 0.3 is 0 Å². The Morgan fingerprint density at radius 2 is 1.65 bits per heavy atom. The molecule has 0 aromatic heterocycles. The van der Waals surface area contributed by atoms with Crippen LogP contribution in [0.4, 0.5) is 0 Å². The van der Waals surface area contributed by atoms with Gasteiger partial charge in [0.1, 0.15) is 0 Å². The molecule has 1 aliphatic rings. The van der Waals surface area contributed by atoms with Crippen molar-refractivity contribution in [3.8, 4) is 0 Å². The third kappa shape index (κ3) is 28.7. The fourth-order valence-corrected chi connectivity index (χ4v) is 4.32. The number of unbranched alkanes of at least 4 members (excludes halogenated alkanes) is 1. The Morgan fingerprint density at radius 1 is 0.959 bits per heavy atom. The van der Waals surface area contributed by atoms with Crippen LogP contribution in [0.5, 0.6) is 0 Å². The van der Waals surface area contributed by atoms with Crippen LogP contribution in [-0.2, 0) is 0 Å². The zero-order valence-electron chi connectivity index (χ0n) is 32.9. The fraction of sp³-hybridized carbons (Fsp3) is 0.383. The molecule has 1 unspecified atom stereocenters. The van der Waals surface area contributed by atoms with Crippen molar-refractivity contribution in [3.63, 3.8) is 0 Å². The highest BCUT2D eigenvalue weighted by molar-refractivity contribution is 5.76.